The number of benzene rings is 1. The maximum Gasteiger partial charge on any atom is 0.252 e. The van der Waals surface area contributed by atoms with Crippen molar-refractivity contribution < 1.29 is 14.3 Å². The number of nitrogens with one attached hydrogen (secondary N) is 1. The molecular weight excluding hydrogens is 382 g/mol. The summed E-state index contributed by atoms with van der Waals surface area (Å²) in [5.41, 5.74) is 2.08. The molecule has 0 spiro atoms. The molecule has 1 aromatic carbocycles. The van der Waals surface area contributed by atoms with Gasteiger partial charge in [0.05, 0.1) is 26.3 Å². The lowest BCUT2D eigenvalue weighted by Gasteiger charge is -2.28. The minimum Gasteiger partial charge on any atom is -0.493 e. The molecule has 3 aromatic rings. The molecule has 0 radical (unpaired) electrons. The molecule has 1 amide bonds. The van der Waals surface area contributed by atoms with Gasteiger partial charge < -0.3 is 14.8 Å². The van der Waals surface area contributed by atoms with Crippen molar-refractivity contribution in [2.45, 2.75) is 38.0 Å². The van der Waals surface area contributed by atoms with Gasteiger partial charge in [0, 0.05) is 18.7 Å². The average molecular weight is 409 g/mol. The Bertz CT molecular complexity index is 1010. The summed E-state index contributed by atoms with van der Waals surface area (Å²) in [6.45, 7) is 0.716. The fourth-order valence-electron chi connectivity index (χ4n) is 4.22. The first-order chi connectivity index (χ1) is 14.7. The molecule has 2 aromatic heterocycles. The second-order valence-corrected chi connectivity index (χ2v) is 7.73. The van der Waals surface area contributed by atoms with Crippen molar-refractivity contribution in [1.29, 1.82) is 0 Å². The van der Waals surface area contributed by atoms with E-state index >= 15 is 0 Å². The van der Waals surface area contributed by atoms with E-state index in [2.05, 4.69) is 20.4 Å². The lowest BCUT2D eigenvalue weighted by Crippen LogP contribution is -2.32. The molecule has 8 nitrogen and oxygen atoms in total. The van der Waals surface area contributed by atoms with E-state index in [4.69, 9.17) is 9.47 Å². The van der Waals surface area contributed by atoms with Crippen molar-refractivity contribution in [3.05, 3.63) is 48.0 Å². The number of rotatable bonds is 7. The van der Waals surface area contributed by atoms with Crippen molar-refractivity contribution in [3.63, 3.8) is 0 Å². The predicted molar refractivity (Wildman–Crippen MR) is 112 cm³/mol. The number of nitrogens with zero attached hydrogens (tertiary/aromatic N) is 4. The zero-order valence-electron chi connectivity index (χ0n) is 17.4. The minimum atomic E-state index is 0.0304. The topological polar surface area (TPSA) is 90.6 Å². The summed E-state index contributed by atoms with van der Waals surface area (Å²) in [5.74, 6) is 2.94. The van der Waals surface area contributed by atoms with E-state index in [1.54, 1.807) is 26.7 Å². The number of carbonyl (C=O) groups is 1. The number of methoxy groups -OCH3 is 2. The van der Waals surface area contributed by atoms with Gasteiger partial charge >= 0.3 is 0 Å². The predicted octanol–water partition coefficient (Wildman–Crippen LogP) is 2.77. The summed E-state index contributed by atoms with van der Waals surface area (Å²) in [5, 5.41) is 7.40. The molecule has 30 heavy (non-hydrogen) atoms. The third kappa shape index (κ3) is 4.37. The van der Waals surface area contributed by atoms with Crippen molar-refractivity contribution in [2.75, 3.05) is 20.8 Å². The Morgan fingerprint density at radius 2 is 1.90 bits per heavy atom. The molecule has 1 fully saturated rings. The summed E-state index contributed by atoms with van der Waals surface area (Å²) in [4.78, 5) is 20.8. The van der Waals surface area contributed by atoms with Gasteiger partial charge in [0.15, 0.2) is 11.5 Å². The maximum atomic E-state index is 12.4. The van der Waals surface area contributed by atoms with Gasteiger partial charge in [-0.3, -0.25) is 4.79 Å². The van der Waals surface area contributed by atoms with Crippen LogP contribution >= 0.6 is 0 Å². The first-order valence-electron chi connectivity index (χ1n) is 10.3. The van der Waals surface area contributed by atoms with Gasteiger partial charge in [0.2, 0.25) is 5.91 Å². The Kier molecular flexibility index (Phi) is 6.11. The summed E-state index contributed by atoms with van der Waals surface area (Å²) >= 11 is 0. The summed E-state index contributed by atoms with van der Waals surface area (Å²) in [7, 11) is 3.19. The fraction of sp³-hybridized carbons (Fsp3) is 0.455. The highest BCUT2D eigenvalue weighted by Gasteiger charge is 2.25. The molecule has 1 saturated carbocycles. The Labute approximate surface area is 175 Å². The molecule has 1 N–H and O–H groups in total. The van der Waals surface area contributed by atoms with Crippen LogP contribution in [-0.2, 0) is 11.2 Å². The summed E-state index contributed by atoms with van der Waals surface area (Å²) in [6, 6.07) is 7.61. The fourth-order valence-corrected chi connectivity index (χ4v) is 4.22. The van der Waals surface area contributed by atoms with Crippen LogP contribution in [0, 0.1) is 5.92 Å². The standard InChI is InChI=1S/C22H27N5O3/c1-29-19-8-5-16(11-20(19)30-2)12-21(28)24-13-15-3-6-17(7-4-15)18-9-10-23-22-25-14-26-27(18)22/h5,8-11,14-15,17H,3-4,6-7,12-13H2,1-2H3,(H,24,28). The number of ether oxygens (including phenoxy) is 2. The SMILES string of the molecule is COc1ccc(CC(=O)NCC2CCC(c3ccnc4ncnn34)CC2)cc1OC. The Hall–Kier alpha value is -3.16. The highest BCUT2D eigenvalue weighted by molar-refractivity contribution is 5.78. The molecule has 2 heterocycles. The van der Waals surface area contributed by atoms with Crippen molar-refractivity contribution in [2.24, 2.45) is 5.92 Å². The monoisotopic (exact) mass is 409 g/mol. The number of hydrogen-bond acceptors (Lipinski definition) is 6. The largest absolute Gasteiger partial charge is 0.493 e. The van der Waals surface area contributed by atoms with Crippen molar-refractivity contribution in [1.82, 2.24) is 24.9 Å². The third-order valence-electron chi connectivity index (χ3n) is 5.88. The highest BCUT2D eigenvalue weighted by atomic mass is 16.5. The van der Waals surface area contributed by atoms with E-state index < -0.39 is 0 Å². The lowest BCUT2D eigenvalue weighted by molar-refractivity contribution is -0.120. The number of amides is 1. The smallest absolute Gasteiger partial charge is 0.252 e. The minimum absolute atomic E-state index is 0.0304. The molecule has 8 heteroatoms. The maximum absolute atomic E-state index is 12.4. The van der Waals surface area contributed by atoms with Crippen LogP contribution in [0.3, 0.4) is 0 Å². The quantitative estimate of drug-likeness (QED) is 0.645. The van der Waals surface area contributed by atoms with Crippen LogP contribution in [0.1, 0.15) is 42.9 Å². The van der Waals surface area contributed by atoms with E-state index in [1.165, 1.54) is 5.69 Å². The first kappa shape index (κ1) is 20.1. The zero-order chi connectivity index (χ0) is 20.9. The van der Waals surface area contributed by atoms with Crippen LogP contribution in [0.15, 0.2) is 36.8 Å². The second-order valence-electron chi connectivity index (χ2n) is 7.73. The van der Waals surface area contributed by atoms with E-state index in [0.717, 1.165) is 31.2 Å². The van der Waals surface area contributed by atoms with Gasteiger partial charge in [-0.05, 0) is 55.4 Å². The van der Waals surface area contributed by atoms with Gasteiger partial charge in [-0.1, -0.05) is 6.07 Å². The van der Waals surface area contributed by atoms with E-state index in [1.807, 2.05) is 28.8 Å². The van der Waals surface area contributed by atoms with Crippen molar-refractivity contribution >= 4 is 11.7 Å². The van der Waals surface area contributed by atoms with Gasteiger partial charge in [-0.2, -0.15) is 10.1 Å². The number of hydrogen-bond donors (Lipinski definition) is 1. The first-order valence-corrected chi connectivity index (χ1v) is 10.3. The van der Waals surface area contributed by atoms with Crippen LogP contribution in [-0.4, -0.2) is 46.3 Å². The number of aromatic nitrogens is 4. The summed E-state index contributed by atoms with van der Waals surface area (Å²) < 4.78 is 12.4. The molecule has 0 unspecified atom stereocenters. The Morgan fingerprint density at radius 1 is 1.10 bits per heavy atom. The Balaban J connectivity index is 1.27. The van der Waals surface area contributed by atoms with Crippen LogP contribution in [0.25, 0.3) is 5.78 Å². The molecule has 4 rings (SSSR count). The van der Waals surface area contributed by atoms with E-state index in [9.17, 15) is 4.79 Å². The molecule has 0 atom stereocenters. The average Bonchev–Trinajstić information content (AvgIpc) is 3.27. The van der Waals surface area contributed by atoms with E-state index in [-0.39, 0.29) is 5.91 Å². The lowest BCUT2D eigenvalue weighted by atomic mass is 9.80. The summed E-state index contributed by atoms with van der Waals surface area (Å²) in [6.07, 6.45) is 8.01. The molecule has 0 saturated heterocycles. The molecule has 0 aliphatic heterocycles. The molecule has 1 aliphatic rings. The van der Waals surface area contributed by atoms with Gasteiger partial charge in [0.1, 0.15) is 6.33 Å². The molecule has 0 bridgehead atoms. The van der Waals surface area contributed by atoms with Crippen molar-refractivity contribution in [3.8, 4) is 11.5 Å². The molecular formula is C22H27N5O3. The Morgan fingerprint density at radius 3 is 2.67 bits per heavy atom. The van der Waals surface area contributed by atoms with Crippen LogP contribution in [0.4, 0.5) is 0 Å². The number of fused-ring (bicyclic) bond motifs is 1. The van der Waals surface area contributed by atoms with Gasteiger partial charge in [-0.15, -0.1) is 0 Å². The van der Waals surface area contributed by atoms with Gasteiger partial charge in [0.25, 0.3) is 5.78 Å². The van der Waals surface area contributed by atoms with Crippen LogP contribution < -0.4 is 14.8 Å². The number of carbonyl (C=O) groups excluding carboxylic acids is 1. The third-order valence-corrected chi connectivity index (χ3v) is 5.88. The second kappa shape index (κ2) is 9.11. The van der Waals surface area contributed by atoms with Crippen LogP contribution in [0.2, 0.25) is 0 Å². The van der Waals surface area contributed by atoms with E-state index in [0.29, 0.717) is 42.1 Å². The zero-order valence-corrected chi connectivity index (χ0v) is 17.4. The molecule has 1 aliphatic carbocycles. The normalized spacial score (nSPS) is 18.9. The molecule has 158 valence electrons. The van der Waals surface area contributed by atoms with Crippen LogP contribution in [0.5, 0.6) is 11.5 Å². The highest BCUT2D eigenvalue weighted by Crippen LogP contribution is 2.35. The van der Waals surface area contributed by atoms with Gasteiger partial charge in [-0.25, -0.2) is 9.50 Å².